The Morgan fingerprint density at radius 1 is 1.32 bits per heavy atom. The third-order valence-corrected chi connectivity index (χ3v) is 4.38. The Hall–Kier alpha value is -0.570. The topological polar surface area (TPSA) is 15.3 Å². The maximum Gasteiger partial charge on any atom is 0.0406 e. The second-order valence-electron chi connectivity index (χ2n) is 6.00. The van der Waals surface area contributed by atoms with Gasteiger partial charge in [0.1, 0.15) is 0 Å². The lowest BCUT2D eigenvalue weighted by molar-refractivity contribution is 0.184. The van der Waals surface area contributed by atoms with Crippen LogP contribution in [0.4, 0.5) is 0 Å². The first-order valence-electron chi connectivity index (χ1n) is 7.28. The summed E-state index contributed by atoms with van der Waals surface area (Å²) >= 11 is 5.95. The van der Waals surface area contributed by atoms with Gasteiger partial charge in [-0.25, -0.2) is 0 Å². The SMILES string of the molecule is CC(C)C1CN(Cc2ccc(Cl)cc2)C(C)CCN1. The molecular formula is C16H25ClN2. The molecule has 0 spiro atoms. The van der Waals surface area contributed by atoms with Gasteiger partial charge in [0.2, 0.25) is 0 Å². The fourth-order valence-corrected chi connectivity index (χ4v) is 2.77. The maximum atomic E-state index is 5.95. The molecule has 1 saturated heterocycles. The van der Waals surface area contributed by atoms with Gasteiger partial charge >= 0.3 is 0 Å². The number of nitrogens with zero attached hydrogens (tertiary/aromatic N) is 1. The molecule has 1 N–H and O–H groups in total. The molecule has 1 heterocycles. The van der Waals surface area contributed by atoms with Gasteiger partial charge in [-0.1, -0.05) is 37.6 Å². The van der Waals surface area contributed by atoms with Crippen LogP contribution in [-0.4, -0.2) is 30.1 Å². The van der Waals surface area contributed by atoms with E-state index in [9.17, 15) is 0 Å². The van der Waals surface area contributed by atoms with Gasteiger partial charge in [0.05, 0.1) is 0 Å². The third kappa shape index (κ3) is 4.20. The summed E-state index contributed by atoms with van der Waals surface area (Å²) in [6, 6.07) is 9.47. The molecule has 106 valence electrons. The Labute approximate surface area is 122 Å². The summed E-state index contributed by atoms with van der Waals surface area (Å²) in [6.07, 6.45) is 1.22. The van der Waals surface area contributed by atoms with Crippen molar-refractivity contribution in [2.75, 3.05) is 13.1 Å². The van der Waals surface area contributed by atoms with Crippen molar-refractivity contribution in [1.82, 2.24) is 10.2 Å². The molecule has 0 bridgehead atoms. The third-order valence-electron chi connectivity index (χ3n) is 4.13. The molecule has 2 unspecified atom stereocenters. The van der Waals surface area contributed by atoms with E-state index in [1.165, 1.54) is 12.0 Å². The van der Waals surface area contributed by atoms with Crippen molar-refractivity contribution in [2.24, 2.45) is 5.92 Å². The van der Waals surface area contributed by atoms with E-state index in [0.717, 1.165) is 24.7 Å². The largest absolute Gasteiger partial charge is 0.312 e. The highest BCUT2D eigenvalue weighted by Gasteiger charge is 2.24. The fourth-order valence-electron chi connectivity index (χ4n) is 2.65. The predicted molar refractivity (Wildman–Crippen MR) is 82.6 cm³/mol. The molecule has 2 rings (SSSR count). The summed E-state index contributed by atoms with van der Waals surface area (Å²) in [4.78, 5) is 2.59. The summed E-state index contributed by atoms with van der Waals surface area (Å²) in [5.41, 5.74) is 1.35. The first-order chi connectivity index (χ1) is 9.06. The van der Waals surface area contributed by atoms with Crippen LogP contribution < -0.4 is 5.32 Å². The Bertz CT molecular complexity index is 388. The molecule has 0 amide bonds. The van der Waals surface area contributed by atoms with Gasteiger partial charge in [-0.15, -0.1) is 0 Å². The zero-order chi connectivity index (χ0) is 13.8. The maximum absolute atomic E-state index is 5.95. The van der Waals surface area contributed by atoms with E-state index in [1.54, 1.807) is 0 Å². The van der Waals surface area contributed by atoms with Crippen LogP contribution in [0, 0.1) is 5.92 Å². The van der Waals surface area contributed by atoms with Crippen molar-refractivity contribution in [3.63, 3.8) is 0 Å². The van der Waals surface area contributed by atoms with Gasteiger partial charge in [-0.2, -0.15) is 0 Å². The normalized spacial score (nSPS) is 25.5. The van der Waals surface area contributed by atoms with Crippen molar-refractivity contribution in [1.29, 1.82) is 0 Å². The van der Waals surface area contributed by atoms with E-state index < -0.39 is 0 Å². The minimum atomic E-state index is 0.595. The van der Waals surface area contributed by atoms with Crippen molar-refractivity contribution >= 4 is 11.6 Å². The minimum Gasteiger partial charge on any atom is -0.312 e. The highest BCUT2D eigenvalue weighted by Crippen LogP contribution is 2.18. The molecule has 2 atom stereocenters. The van der Waals surface area contributed by atoms with Crippen LogP contribution >= 0.6 is 11.6 Å². The van der Waals surface area contributed by atoms with Crippen LogP contribution in [0.15, 0.2) is 24.3 Å². The van der Waals surface area contributed by atoms with Crippen molar-refractivity contribution in [3.8, 4) is 0 Å². The highest BCUT2D eigenvalue weighted by molar-refractivity contribution is 6.30. The lowest BCUT2D eigenvalue weighted by Gasteiger charge is -2.30. The quantitative estimate of drug-likeness (QED) is 0.911. The molecule has 0 aromatic heterocycles. The number of hydrogen-bond donors (Lipinski definition) is 1. The van der Waals surface area contributed by atoms with Crippen LogP contribution in [0.5, 0.6) is 0 Å². The standard InChI is InChI=1S/C16H25ClN2/c1-12(2)16-11-19(13(3)8-9-18-16)10-14-4-6-15(17)7-5-14/h4-7,12-13,16,18H,8-11H2,1-3H3. The van der Waals surface area contributed by atoms with Gasteiger partial charge in [0, 0.05) is 30.2 Å². The van der Waals surface area contributed by atoms with Gasteiger partial charge in [-0.3, -0.25) is 4.90 Å². The van der Waals surface area contributed by atoms with E-state index in [1.807, 2.05) is 12.1 Å². The van der Waals surface area contributed by atoms with Crippen molar-refractivity contribution in [3.05, 3.63) is 34.9 Å². The summed E-state index contributed by atoms with van der Waals surface area (Å²) in [6.45, 7) is 10.2. The molecule has 1 aromatic rings. The number of nitrogens with one attached hydrogen (secondary N) is 1. The number of rotatable bonds is 3. The lowest BCUT2D eigenvalue weighted by atomic mass is 10.0. The monoisotopic (exact) mass is 280 g/mol. The highest BCUT2D eigenvalue weighted by atomic mass is 35.5. The summed E-state index contributed by atoms with van der Waals surface area (Å²) in [5, 5.41) is 4.49. The molecule has 0 radical (unpaired) electrons. The van der Waals surface area contributed by atoms with Gasteiger partial charge < -0.3 is 5.32 Å². The molecule has 0 aliphatic carbocycles. The Kier molecular flexibility index (Phi) is 5.26. The fraction of sp³-hybridized carbons (Fsp3) is 0.625. The van der Waals surface area contributed by atoms with Gasteiger partial charge in [0.15, 0.2) is 0 Å². The van der Waals surface area contributed by atoms with E-state index in [2.05, 4.69) is 43.1 Å². The first-order valence-corrected chi connectivity index (χ1v) is 7.66. The number of benzene rings is 1. The Morgan fingerprint density at radius 2 is 2.00 bits per heavy atom. The number of halogens is 1. The lowest BCUT2D eigenvalue weighted by Crippen LogP contribution is -2.42. The molecule has 1 aromatic carbocycles. The zero-order valence-corrected chi connectivity index (χ0v) is 13.0. The van der Waals surface area contributed by atoms with E-state index in [0.29, 0.717) is 18.0 Å². The molecule has 1 aliphatic heterocycles. The van der Waals surface area contributed by atoms with Crippen LogP contribution in [0.3, 0.4) is 0 Å². The molecule has 1 aliphatic rings. The molecule has 2 nitrogen and oxygen atoms in total. The summed E-state index contributed by atoms with van der Waals surface area (Å²) in [7, 11) is 0. The first kappa shape index (κ1) is 14.8. The van der Waals surface area contributed by atoms with E-state index in [4.69, 9.17) is 11.6 Å². The van der Waals surface area contributed by atoms with Crippen LogP contribution in [-0.2, 0) is 6.54 Å². The smallest absolute Gasteiger partial charge is 0.0406 e. The second-order valence-corrected chi connectivity index (χ2v) is 6.43. The van der Waals surface area contributed by atoms with Gasteiger partial charge in [0.25, 0.3) is 0 Å². The number of hydrogen-bond acceptors (Lipinski definition) is 2. The molecule has 19 heavy (non-hydrogen) atoms. The van der Waals surface area contributed by atoms with Crippen molar-refractivity contribution < 1.29 is 0 Å². The minimum absolute atomic E-state index is 0.595. The molecular weight excluding hydrogens is 256 g/mol. The van der Waals surface area contributed by atoms with Crippen LogP contribution in [0.1, 0.15) is 32.8 Å². The Balaban J connectivity index is 2.04. The molecule has 3 heteroatoms. The average molecular weight is 281 g/mol. The second kappa shape index (κ2) is 6.74. The summed E-state index contributed by atoms with van der Waals surface area (Å²) < 4.78 is 0. The average Bonchev–Trinajstić information content (AvgIpc) is 2.55. The van der Waals surface area contributed by atoms with Crippen LogP contribution in [0.25, 0.3) is 0 Å². The van der Waals surface area contributed by atoms with Crippen LogP contribution in [0.2, 0.25) is 5.02 Å². The van der Waals surface area contributed by atoms with Gasteiger partial charge in [-0.05, 0) is 43.5 Å². The Morgan fingerprint density at radius 3 is 2.63 bits per heavy atom. The van der Waals surface area contributed by atoms with Crippen molar-refractivity contribution in [2.45, 2.75) is 45.8 Å². The summed E-state index contributed by atoms with van der Waals surface area (Å²) in [5.74, 6) is 0.679. The zero-order valence-electron chi connectivity index (χ0n) is 12.2. The van der Waals surface area contributed by atoms with E-state index in [-0.39, 0.29) is 0 Å². The van der Waals surface area contributed by atoms with E-state index >= 15 is 0 Å². The predicted octanol–water partition coefficient (Wildman–Crippen LogP) is 3.55. The molecule has 1 fully saturated rings. The molecule has 0 saturated carbocycles.